The fourth-order valence-electron chi connectivity index (χ4n) is 3.47. The van der Waals surface area contributed by atoms with E-state index in [1.807, 2.05) is 24.3 Å². The lowest BCUT2D eigenvalue weighted by atomic mass is 10.1. The highest BCUT2D eigenvalue weighted by Crippen LogP contribution is 2.29. The number of methoxy groups -OCH3 is 4. The fraction of sp³-hybridized carbons (Fsp3) is 0.231. The van der Waals surface area contributed by atoms with E-state index in [1.54, 1.807) is 36.4 Å². The minimum Gasteiger partial charge on any atom is -0.496 e. The Hall–Kier alpha value is -4.20. The van der Waals surface area contributed by atoms with Crippen LogP contribution in [0.3, 0.4) is 0 Å². The summed E-state index contributed by atoms with van der Waals surface area (Å²) in [4.78, 5) is 25.4. The zero-order chi connectivity index (χ0) is 24.5. The molecule has 3 aromatic rings. The third-order valence-electron chi connectivity index (χ3n) is 5.24. The number of ether oxygens (including phenoxy) is 4. The molecule has 34 heavy (non-hydrogen) atoms. The van der Waals surface area contributed by atoms with Crippen LogP contribution in [0, 0.1) is 0 Å². The molecule has 0 saturated carbocycles. The zero-order valence-corrected chi connectivity index (χ0v) is 19.6. The molecule has 3 rings (SSSR count). The minimum absolute atomic E-state index is 0.295. The first-order valence-electron chi connectivity index (χ1n) is 10.6. The third kappa shape index (κ3) is 5.58. The molecule has 0 aliphatic carbocycles. The molecule has 0 aromatic heterocycles. The highest BCUT2D eigenvalue weighted by atomic mass is 16.5. The maximum atomic E-state index is 12.7. The summed E-state index contributed by atoms with van der Waals surface area (Å²) < 4.78 is 21.2. The highest BCUT2D eigenvalue weighted by molar-refractivity contribution is 6.00. The molecule has 0 radical (unpaired) electrons. The SMILES string of the molecule is COc1cccc(OC)c1C(=O)NCc1ccc(CNC(=O)c2c(OC)cccc2OC)cc1. The Balaban J connectivity index is 1.61. The van der Waals surface area contributed by atoms with Crippen LogP contribution in [0.15, 0.2) is 60.7 Å². The lowest BCUT2D eigenvalue weighted by Gasteiger charge is -2.14. The van der Waals surface area contributed by atoms with Gasteiger partial charge in [-0.25, -0.2) is 0 Å². The topological polar surface area (TPSA) is 95.1 Å². The van der Waals surface area contributed by atoms with Crippen molar-refractivity contribution in [2.24, 2.45) is 0 Å². The predicted molar refractivity (Wildman–Crippen MR) is 128 cm³/mol. The highest BCUT2D eigenvalue weighted by Gasteiger charge is 2.19. The summed E-state index contributed by atoms with van der Waals surface area (Å²) in [5, 5.41) is 5.77. The second kappa shape index (κ2) is 11.6. The molecule has 2 amide bonds. The van der Waals surface area contributed by atoms with Crippen LogP contribution in [0.4, 0.5) is 0 Å². The summed E-state index contributed by atoms with van der Waals surface area (Å²) in [5.41, 5.74) is 2.50. The van der Waals surface area contributed by atoms with Crippen molar-refractivity contribution < 1.29 is 28.5 Å². The summed E-state index contributed by atoms with van der Waals surface area (Å²) in [7, 11) is 6.03. The van der Waals surface area contributed by atoms with E-state index in [0.29, 0.717) is 47.2 Å². The maximum Gasteiger partial charge on any atom is 0.259 e. The van der Waals surface area contributed by atoms with Gasteiger partial charge < -0.3 is 29.6 Å². The summed E-state index contributed by atoms with van der Waals surface area (Å²) in [6.45, 7) is 0.649. The molecule has 8 heteroatoms. The molecule has 0 unspecified atom stereocenters. The van der Waals surface area contributed by atoms with Crippen molar-refractivity contribution in [2.75, 3.05) is 28.4 Å². The van der Waals surface area contributed by atoms with Crippen LogP contribution in [0.5, 0.6) is 23.0 Å². The molecule has 178 valence electrons. The van der Waals surface area contributed by atoms with Crippen LogP contribution < -0.4 is 29.6 Å². The smallest absolute Gasteiger partial charge is 0.259 e. The van der Waals surface area contributed by atoms with E-state index >= 15 is 0 Å². The molecule has 0 aliphatic rings. The van der Waals surface area contributed by atoms with Crippen LogP contribution in [-0.4, -0.2) is 40.3 Å². The van der Waals surface area contributed by atoms with Crippen LogP contribution in [-0.2, 0) is 13.1 Å². The van der Waals surface area contributed by atoms with Crippen LogP contribution >= 0.6 is 0 Å². The van der Waals surface area contributed by atoms with Crippen molar-refractivity contribution in [1.29, 1.82) is 0 Å². The van der Waals surface area contributed by atoms with Gasteiger partial charge in [-0.1, -0.05) is 36.4 Å². The summed E-state index contributed by atoms with van der Waals surface area (Å²) in [6, 6.07) is 17.9. The summed E-state index contributed by atoms with van der Waals surface area (Å²) in [6.07, 6.45) is 0. The fourth-order valence-corrected chi connectivity index (χ4v) is 3.47. The van der Waals surface area contributed by atoms with Gasteiger partial charge in [0.05, 0.1) is 28.4 Å². The molecule has 0 aliphatic heterocycles. The average molecular weight is 465 g/mol. The largest absolute Gasteiger partial charge is 0.496 e. The maximum absolute atomic E-state index is 12.7. The Kier molecular flexibility index (Phi) is 8.34. The van der Waals surface area contributed by atoms with Gasteiger partial charge in [-0.2, -0.15) is 0 Å². The first-order valence-corrected chi connectivity index (χ1v) is 10.6. The molecule has 0 heterocycles. The molecule has 0 fully saturated rings. The lowest BCUT2D eigenvalue weighted by molar-refractivity contribution is 0.0935. The number of nitrogens with one attached hydrogen (secondary N) is 2. The molecule has 2 N–H and O–H groups in total. The number of hydrogen-bond donors (Lipinski definition) is 2. The first-order chi connectivity index (χ1) is 16.5. The van der Waals surface area contributed by atoms with E-state index in [4.69, 9.17) is 18.9 Å². The van der Waals surface area contributed by atoms with Gasteiger partial charge >= 0.3 is 0 Å². The number of carbonyl (C=O) groups is 2. The molecule has 0 saturated heterocycles. The van der Waals surface area contributed by atoms with E-state index in [-0.39, 0.29) is 11.8 Å². The Morgan fingerprint density at radius 3 is 1.12 bits per heavy atom. The lowest BCUT2D eigenvalue weighted by Crippen LogP contribution is -2.24. The first kappa shape index (κ1) is 24.4. The molecule has 0 spiro atoms. The van der Waals surface area contributed by atoms with Gasteiger partial charge in [0.25, 0.3) is 11.8 Å². The van der Waals surface area contributed by atoms with E-state index < -0.39 is 0 Å². The van der Waals surface area contributed by atoms with E-state index in [2.05, 4.69) is 10.6 Å². The minimum atomic E-state index is -0.295. The molecular weight excluding hydrogens is 436 g/mol. The average Bonchev–Trinajstić information content (AvgIpc) is 2.89. The Morgan fingerprint density at radius 1 is 0.559 bits per heavy atom. The Labute approximate surface area is 198 Å². The normalized spacial score (nSPS) is 10.2. The molecule has 3 aromatic carbocycles. The van der Waals surface area contributed by atoms with Crippen LogP contribution in [0.2, 0.25) is 0 Å². The van der Waals surface area contributed by atoms with Crippen LogP contribution in [0.25, 0.3) is 0 Å². The molecule has 0 bridgehead atoms. The van der Waals surface area contributed by atoms with Crippen molar-refractivity contribution in [1.82, 2.24) is 10.6 Å². The zero-order valence-electron chi connectivity index (χ0n) is 19.6. The summed E-state index contributed by atoms with van der Waals surface area (Å²) >= 11 is 0. The Morgan fingerprint density at radius 2 is 0.853 bits per heavy atom. The number of amides is 2. The standard InChI is InChI=1S/C26H28N2O6/c1-31-19-7-5-8-20(32-2)23(19)25(29)27-15-17-11-13-18(14-12-17)16-28-26(30)24-21(33-3)9-6-10-22(24)34-4/h5-14H,15-16H2,1-4H3,(H,27,29)(H,28,30). The van der Waals surface area contributed by atoms with Crippen molar-refractivity contribution in [2.45, 2.75) is 13.1 Å². The number of hydrogen-bond acceptors (Lipinski definition) is 6. The Bertz CT molecular complexity index is 1010. The predicted octanol–water partition coefficient (Wildman–Crippen LogP) is 3.58. The van der Waals surface area contributed by atoms with Crippen molar-refractivity contribution in [3.63, 3.8) is 0 Å². The van der Waals surface area contributed by atoms with Gasteiger partial charge in [-0.15, -0.1) is 0 Å². The molecular formula is C26H28N2O6. The van der Waals surface area contributed by atoms with Crippen molar-refractivity contribution in [3.05, 3.63) is 82.9 Å². The monoisotopic (exact) mass is 464 g/mol. The molecule has 0 atom stereocenters. The third-order valence-corrected chi connectivity index (χ3v) is 5.24. The summed E-state index contributed by atoms with van der Waals surface area (Å²) in [5.74, 6) is 1.17. The van der Waals surface area contributed by atoms with Gasteiger partial charge in [-0.3, -0.25) is 9.59 Å². The van der Waals surface area contributed by atoms with E-state index in [9.17, 15) is 9.59 Å². The van der Waals surface area contributed by atoms with Gasteiger partial charge in [-0.05, 0) is 35.4 Å². The van der Waals surface area contributed by atoms with Gasteiger partial charge in [0.1, 0.15) is 34.1 Å². The molecule has 8 nitrogen and oxygen atoms in total. The van der Waals surface area contributed by atoms with Gasteiger partial charge in [0, 0.05) is 13.1 Å². The van der Waals surface area contributed by atoms with Crippen molar-refractivity contribution >= 4 is 11.8 Å². The second-order valence-electron chi connectivity index (χ2n) is 7.26. The number of benzene rings is 3. The van der Waals surface area contributed by atoms with E-state index in [1.165, 1.54) is 28.4 Å². The number of carbonyl (C=O) groups excluding carboxylic acids is 2. The number of rotatable bonds is 10. The quantitative estimate of drug-likeness (QED) is 0.476. The van der Waals surface area contributed by atoms with Crippen molar-refractivity contribution in [3.8, 4) is 23.0 Å². The van der Waals surface area contributed by atoms with Gasteiger partial charge in [0.15, 0.2) is 0 Å². The second-order valence-corrected chi connectivity index (χ2v) is 7.26. The van der Waals surface area contributed by atoms with E-state index in [0.717, 1.165) is 11.1 Å². The van der Waals surface area contributed by atoms with Gasteiger partial charge in [0.2, 0.25) is 0 Å². The van der Waals surface area contributed by atoms with Crippen LogP contribution in [0.1, 0.15) is 31.8 Å².